The number of carbonyl (C=O) groups excluding carboxylic acids is 1. The molecular formula is C19H14F2N2OS. The summed E-state index contributed by atoms with van der Waals surface area (Å²) in [6, 6.07) is 11.5. The number of aromatic nitrogens is 1. The normalized spacial score (nSPS) is 13.2. The molecule has 1 aliphatic rings. The molecular weight excluding hydrogens is 342 g/mol. The van der Waals surface area contributed by atoms with Crippen molar-refractivity contribution in [3.8, 4) is 11.3 Å². The van der Waals surface area contributed by atoms with Gasteiger partial charge in [0.05, 0.1) is 16.4 Å². The number of amides is 1. The molecule has 0 saturated carbocycles. The molecule has 0 radical (unpaired) electrons. The molecule has 1 aromatic heterocycles. The summed E-state index contributed by atoms with van der Waals surface area (Å²) in [5.41, 5.74) is 2.16. The second-order valence-corrected chi connectivity index (χ2v) is 7.07. The monoisotopic (exact) mass is 356 g/mol. The first kappa shape index (κ1) is 15.9. The maximum atomic E-state index is 14.0. The van der Waals surface area contributed by atoms with E-state index in [9.17, 15) is 13.6 Å². The number of halogens is 2. The van der Waals surface area contributed by atoms with Gasteiger partial charge in [-0.3, -0.25) is 4.79 Å². The Balaban J connectivity index is 1.78. The van der Waals surface area contributed by atoms with Crippen LogP contribution in [0.5, 0.6) is 0 Å². The van der Waals surface area contributed by atoms with Crippen molar-refractivity contribution in [2.75, 3.05) is 11.4 Å². The highest BCUT2D eigenvalue weighted by atomic mass is 32.1. The predicted octanol–water partition coefficient (Wildman–Crippen LogP) is 4.60. The maximum absolute atomic E-state index is 14.0. The standard InChI is InChI=1S/C19H14F2N2OS/c1-11-22-17(12-5-3-2-4-6-12)18(25-11)19(24)23-8-7-14-15(21)9-13(20)10-16(14)23/h2-6,9-10H,7-8H2,1H3. The Morgan fingerprint density at radius 2 is 1.96 bits per heavy atom. The topological polar surface area (TPSA) is 33.2 Å². The average molecular weight is 356 g/mol. The molecule has 3 aromatic rings. The van der Waals surface area contributed by atoms with Gasteiger partial charge >= 0.3 is 0 Å². The number of nitrogens with zero attached hydrogens (tertiary/aromatic N) is 2. The molecule has 0 bridgehead atoms. The molecule has 0 fully saturated rings. The van der Waals surface area contributed by atoms with E-state index in [1.54, 1.807) is 0 Å². The fourth-order valence-corrected chi connectivity index (χ4v) is 4.01. The van der Waals surface area contributed by atoms with E-state index < -0.39 is 11.6 Å². The van der Waals surface area contributed by atoms with Crippen LogP contribution in [-0.2, 0) is 6.42 Å². The van der Waals surface area contributed by atoms with Crippen molar-refractivity contribution >= 4 is 22.9 Å². The van der Waals surface area contributed by atoms with Crippen LogP contribution < -0.4 is 4.90 Å². The molecule has 1 aliphatic heterocycles. The van der Waals surface area contributed by atoms with E-state index in [-0.39, 0.29) is 5.91 Å². The first-order valence-electron chi connectivity index (χ1n) is 7.87. The van der Waals surface area contributed by atoms with Crippen LogP contribution in [0.3, 0.4) is 0 Å². The van der Waals surface area contributed by atoms with Gasteiger partial charge in [-0.2, -0.15) is 0 Å². The number of carbonyl (C=O) groups is 1. The molecule has 1 amide bonds. The van der Waals surface area contributed by atoms with Gasteiger partial charge in [0.2, 0.25) is 0 Å². The minimum atomic E-state index is -0.681. The van der Waals surface area contributed by atoms with Crippen LogP contribution in [0.2, 0.25) is 0 Å². The Morgan fingerprint density at radius 3 is 2.72 bits per heavy atom. The number of benzene rings is 2. The molecule has 0 spiro atoms. The summed E-state index contributed by atoms with van der Waals surface area (Å²) >= 11 is 1.30. The zero-order valence-corrected chi connectivity index (χ0v) is 14.2. The van der Waals surface area contributed by atoms with Gasteiger partial charge in [0.25, 0.3) is 5.91 Å². The van der Waals surface area contributed by atoms with E-state index in [0.717, 1.165) is 16.6 Å². The van der Waals surface area contributed by atoms with E-state index in [0.29, 0.717) is 34.8 Å². The number of fused-ring (bicyclic) bond motifs is 1. The average Bonchev–Trinajstić information content (AvgIpc) is 3.19. The summed E-state index contributed by atoms with van der Waals surface area (Å²) in [6.45, 7) is 2.17. The first-order chi connectivity index (χ1) is 12.0. The fraction of sp³-hybridized carbons (Fsp3) is 0.158. The molecule has 4 rings (SSSR count). The smallest absolute Gasteiger partial charge is 0.270 e. The Labute approximate surface area is 147 Å². The van der Waals surface area contributed by atoms with Gasteiger partial charge in [0.1, 0.15) is 16.5 Å². The van der Waals surface area contributed by atoms with Crippen molar-refractivity contribution in [1.29, 1.82) is 0 Å². The van der Waals surface area contributed by atoms with Crippen LogP contribution in [0.1, 0.15) is 20.2 Å². The lowest BCUT2D eigenvalue weighted by Gasteiger charge is -2.17. The highest BCUT2D eigenvalue weighted by Gasteiger charge is 2.31. The van der Waals surface area contributed by atoms with Crippen LogP contribution in [0.15, 0.2) is 42.5 Å². The van der Waals surface area contributed by atoms with Gasteiger partial charge in [-0.25, -0.2) is 13.8 Å². The summed E-state index contributed by atoms with van der Waals surface area (Å²) in [6.07, 6.45) is 0.381. The third-order valence-electron chi connectivity index (χ3n) is 4.23. The molecule has 0 unspecified atom stereocenters. The third kappa shape index (κ3) is 2.72. The van der Waals surface area contributed by atoms with Crippen molar-refractivity contribution in [2.45, 2.75) is 13.3 Å². The number of thiazole rings is 1. The zero-order valence-electron chi connectivity index (χ0n) is 13.4. The van der Waals surface area contributed by atoms with Crippen LogP contribution in [0, 0.1) is 18.6 Å². The predicted molar refractivity (Wildman–Crippen MR) is 94.0 cm³/mol. The zero-order chi connectivity index (χ0) is 17.6. The number of anilines is 1. The highest BCUT2D eigenvalue weighted by molar-refractivity contribution is 7.14. The van der Waals surface area contributed by atoms with E-state index in [2.05, 4.69) is 4.98 Å². The van der Waals surface area contributed by atoms with Crippen LogP contribution in [0.25, 0.3) is 11.3 Å². The molecule has 126 valence electrons. The lowest BCUT2D eigenvalue weighted by molar-refractivity contribution is 0.0993. The van der Waals surface area contributed by atoms with Crippen molar-refractivity contribution in [2.24, 2.45) is 0 Å². The Bertz CT molecular complexity index is 969. The largest absolute Gasteiger partial charge is 0.307 e. The molecule has 25 heavy (non-hydrogen) atoms. The van der Waals surface area contributed by atoms with Crippen LogP contribution in [0.4, 0.5) is 14.5 Å². The molecule has 0 atom stereocenters. The van der Waals surface area contributed by atoms with Crippen LogP contribution in [-0.4, -0.2) is 17.4 Å². The van der Waals surface area contributed by atoms with Gasteiger partial charge in [-0.15, -0.1) is 11.3 Å². The van der Waals surface area contributed by atoms with Gasteiger partial charge in [-0.05, 0) is 19.4 Å². The quantitative estimate of drug-likeness (QED) is 0.672. The maximum Gasteiger partial charge on any atom is 0.270 e. The lowest BCUT2D eigenvalue weighted by atomic mass is 10.1. The number of hydrogen-bond acceptors (Lipinski definition) is 3. The Kier molecular flexibility index (Phi) is 3.84. The Hall–Kier alpha value is -2.60. The van der Waals surface area contributed by atoms with Gasteiger partial charge in [0, 0.05) is 23.7 Å². The van der Waals surface area contributed by atoms with E-state index in [1.165, 1.54) is 22.3 Å². The summed E-state index contributed by atoms with van der Waals surface area (Å²) < 4.78 is 27.6. The molecule has 3 nitrogen and oxygen atoms in total. The van der Waals surface area contributed by atoms with Crippen molar-refractivity contribution in [3.63, 3.8) is 0 Å². The van der Waals surface area contributed by atoms with E-state index in [4.69, 9.17) is 0 Å². The van der Waals surface area contributed by atoms with Crippen molar-refractivity contribution < 1.29 is 13.6 Å². The molecule has 2 heterocycles. The van der Waals surface area contributed by atoms with Gasteiger partial charge in [0.15, 0.2) is 0 Å². The summed E-state index contributed by atoms with van der Waals surface area (Å²) in [7, 11) is 0. The Morgan fingerprint density at radius 1 is 1.20 bits per heavy atom. The lowest BCUT2D eigenvalue weighted by Crippen LogP contribution is -2.28. The molecule has 0 aliphatic carbocycles. The number of aryl methyl sites for hydroxylation is 1. The summed E-state index contributed by atoms with van der Waals surface area (Å²) in [5.74, 6) is -1.55. The minimum Gasteiger partial charge on any atom is -0.307 e. The number of hydrogen-bond donors (Lipinski definition) is 0. The van der Waals surface area contributed by atoms with Gasteiger partial charge < -0.3 is 4.90 Å². The molecule has 0 saturated heterocycles. The second-order valence-electron chi connectivity index (χ2n) is 5.87. The summed E-state index contributed by atoms with van der Waals surface area (Å²) in [5, 5.41) is 0.770. The third-order valence-corrected chi connectivity index (χ3v) is 5.19. The molecule has 2 aromatic carbocycles. The molecule has 0 N–H and O–H groups in total. The second kappa shape index (κ2) is 6.04. The SMILES string of the molecule is Cc1nc(-c2ccccc2)c(C(=O)N2CCc3c(F)cc(F)cc32)s1. The molecule has 6 heteroatoms. The van der Waals surface area contributed by atoms with E-state index in [1.807, 2.05) is 37.3 Å². The van der Waals surface area contributed by atoms with E-state index >= 15 is 0 Å². The van der Waals surface area contributed by atoms with Gasteiger partial charge in [-0.1, -0.05) is 30.3 Å². The number of rotatable bonds is 2. The fourth-order valence-electron chi connectivity index (χ4n) is 3.12. The minimum absolute atomic E-state index is 0.270. The highest BCUT2D eigenvalue weighted by Crippen LogP contribution is 2.35. The first-order valence-corrected chi connectivity index (χ1v) is 8.69. The van der Waals surface area contributed by atoms with Crippen LogP contribution >= 0.6 is 11.3 Å². The van der Waals surface area contributed by atoms with Crippen molar-refractivity contribution in [3.05, 3.63) is 69.5 Å². The summed E-state index contributed by atoms with van der Waals surface area (Å²) in [4.78, 5) is 19.5. The van der Waals surface area contributed by atoms with Crippen molar-refractivity contribution in [1.82, 2.24) is 4.98 Å².